The molecule has 3 aromatic rings. The number of pyridine rings is 1. The number of aromatic nitrogens is 1. The molecule has 1 aromatic carbocycles. The quantitative estimate of drug-likeness (QED) is 0.418. The second-order valence-electron chi connectivity index (χ2n) is 5.49. The number of thiocarbonyl (C=S) groups is 1. The van der Waals surface area contributed by atoms with Crippen molar-refractivity contribution in [2.24, 2.45) is 5.10 Å². The summed E-state index contributed by atoms with van der Waals surface area (Å²) < 4.78 is 5.77. The first-order valence-corrected chi connectivity index (χ1v) is 8.24. The average Bonchev–Trinajstić information content (AvgIpc) is 3.10. The smallest absolute Gasteiger partial charge is 0.187 e. The number of benzene rings is 1. The van der Waals surface area contributed by atoms with Crippen LogP contribution in [0.1, 0.15) is 16.9 Å². The van der Waals surface area contributed by atoms with E-state index in [1.54, 1.807) is 18.6 Å². The Bertz CT molecular complexity index is 874. The molecule has 0 unspecified atom stereocenters. The highest BCUT2D eigenvalue weighted by Gasteiger charge is 2.03. The molecule has 0 saturated heterocycles. The van der Waals surface area contributed by atoms with Crippen molar-refractivity contribution in [2.75, 3.05) is 0 Å². The van der Waals surface area contributed by atoms with Crippen molar-refractivity contribution in [3.8, 4) is 11.3 Å². The second-order valence-corrected chi connectivity index (χ2v) is 5.89. The van der Waals surface area contributed by atoms with Crippen molar-refractivity contribution in [1.29, 1.82) is 0 Å². The average molecular weight is 350 g/mol. The van der Waals surface area contributed by atoms with Crippen LogP contribution < -0.4 is 10.7 Å². The molecule has 2 aromatic heterocycles. The summed E-state index contributed by atoms with van der Waals surface area (Å²) in [5.41, 5.74) is 6.05. The number of nitrogens with zero attached hydrogens (tertiary/aromatic N) is 2. The van der Waals surface area contributed by atoms with Gasteiger partial charge in [-0.25, -0.2) is 0 Å². The minimum atomic E-state index is 0.436. The van der Waals surface area contributed by atoms with Gasteiger partial charge in [0.05, 0.1) is 6.21 Å². The van der Waals surface area contributed by atoms with Gasteiger partial charge in [-0.2, -0.15) is 5.10 Å². The maximum Gasteiger partial charge on any atom is 0.187 e. The van der Waals surface area contributed by atoms with Gasteiger partial charge in [0.15, 0.2) is 5.11 Å². The molecule has 6 heteroatoms. The van der Waals surface area contributed by atoms with Gasteiger partial charge < -0.3 is 9.73 Å². The molecule has 0 bridgehead atoms. The van der Waals surface area contributed by atoms with Crippen LogP contribution in [0.25, 0.3) is 11.3 Å². The van der Waals surface area contributed by atoms with Crippen LogP contribution in [0.4, 0.5) is 0 Å². The minimum absolute atomic E-state index is 0.436. The Kier molecular flexibility index (Phi) is 5.53. The van der Waals surface area contributed by atoms with Gasteiger partial charge in [-0.15, -0.1) is 0 Å². The lowest BCUT2D eigenvalue weighted by Crippen LogP contribution is -2.31. The zero-order chi connectivity index (χ0) is 17.5. The van der Waals surface area contributed by atoms with Gasteiger partial charge in [-0.05, 0) is 49.0 Å². The normalized spacial score (nSPS) is 10.8. The lowest BCUT2D eigenvalue weighted by atomic mass is 10.1. The van der Waals surface area contributed by atoms with E-state index in [2.05, 4.69) is 39.9 Å². The minimum Gasteiger partial charge on any atom is -0.455 e. The number of rotatable bonds is 5. The van der Waals surface area contributed by atoms with Crippen LogP contribution in [0.15, 0.2) is 70.4 Å². The largest absolute Gasteiger partial charge is 0.455 e. The third-order valence-corrected chi connectivity index (χ3v) is 3.70. The topological polar surface area (TPSA) is 62.5 Å². The molecule has 0 aliphatic heterocycles. The summed E-state index contributed by atoms with van der Waals surface area (Å²) in [6.07, 6.45) is 5.12. The fraction of sp³-hybridized carbons (Fsp3) is 0.105. The summed E-state index contributed by atoms with van der Waals surface area (Å²) in [5.74, 6) is 1.46. The predicted octanol–water partition coefficient (Wildman–Crippen LogP) is 3.65. The van der Waals surface area contributed by atoms with E-state index < -0.39 is 0 Å². The summed E-state index contributed by atoms with van der Waals surface area (Å²) in [5, 5.41) is 7.58. The summed E-state index contributed by atoms with van der Waals surface area (Å²) in [6.45, 7) is 2.64. The van der Waals surface area contributed by atoms with E-state index in [1.807, 2.05) is 36.4 Å². The third kappa shape index (κ3) is 4.99. The van der Waals surface area contributed by atoms with Crippen LogP contribution in [0.3, 0.4) is 0 Å². The van der Waals surface area contributed by atoms with Crippen LogP contribution in [-0.2, 0) is 6.54 Å². The Balaban J connectivity index is 1.51. The Morgan fingerprint density at radius 2 is 2.16 bits per heavy atom. The third-order valence-electron chi connectivity index (χ3n) is 3.46. The van der Waals surface area contributed by atoms with Crippen LogP contribution in [0.2, 0.25) is 0 Å². The van der Waals surface area contributed by atoms with E-state index in [-0.39, 0.29) is 0 Å². The number of nitrogens with one attached hydrogen (secondary N) is 2. The molecule has 0 fully saturated rings. The van der Waals surface area contributed by atoms with Gasteiger partial charge in [-0.1, -0.05) is 29.8 Å². The Labute approximate surface area is 151 Å². The zero-order valence-electron chi connectivity index (χ0n) is 13.8. The first kappa shape index (κ1) is 16.9. The molecule has 0 atom stereocenters. The van der Waals surface area contributed by atoms with Crippen molar-refractivity contribution >= 4 is 23.5 Å². The molecule has 0 saturated carbocycles. The van der Waals surface area contributed by atoms with E-state index in [0.717, 1.165) is 16.9 Å². The number of hydrogen-bond acceptors (Lipinski definition) is 4. The van der Waals surface area contributed by atoms with E-state index in [1.165, 1.54) is 5.56 Å². The highest BCUT2D eigenvalue weighted by molar-refractivity contribution is 7.80. The molecule has 0 radical (unpaired) electrons. The Morgan fingerprint density at radius 1 is 1.24 bits per heavy atom. The zero-order valence-corrected chi connectivity index (χ0v) is 14.6. The van der Waals surface area contributed by atoms with Crippen LogP contribution >= 0.6 is 12.2 Å². The fourth-order valence-electron chi connectivity index (χ4n) is 2.25. The van der Waals surface area contributed by atoms with E-state index in [0.29, 0.717) is 17.4 Å². The van der Waals surface area contributed by atoms with Crippen molar-refractivity contribution < 1.29 is 4.42 Å². The molecule has 25 heavy (non-hydrogen) atoms. The maximum absolute atomic E-state index is 5.77. The van der Waals surface area contributed by atoms with Crippen molar-refractivity contribution in [3.05, 3.63) is 77.8 Å². The first-order valence-electron chi connectivity index (χ1n) is 7.83. The molecule has 0 aliphatic rings. The van der Waals surface area contributed by atoms with Gasteiger partial charge in [0.1, 0.15) is 11.5 Å². The molecule has 126 valence electrons. The number of hydrogen-bond donors (Lipinski definition) is 2. The Hall–Kier alpha value is -2.99. The molecule has 0 spiro atoms. The van der Waals surface area contributed by atoms with Gasteiger partial charge in [0.2, 0.25) is 0 Å². The molecule has 2 heterocycles. The molecule has 3 rings (SSSR count). The van der Waals surface area contributed by atoms with Crippen molar-refractivity contribution in [2.45, 2.75) is 13.5 Å². The monoisotopic (exact) mass is 350 g/mol. The van der Waals surface area contributed by atoms with Gasteiger partial charge in [0, 0.05) is 24.5 Å². The fourth-order valence-corrected chi connectivity index (χ4v) is 2.38. The summed E-state index contributed by atoms with van der Waals surface area (Å²) in [7, 11) is 0. The van der Waals surface area contributed by atoms with Gasteiger partial charge >= 0.3 is 0 Å². The molecule has 0 amide bonds. The predicted molar refractivity (Wildman–Crippen MR) is 103 cm³/mol. The summed E-state index contributed by atoms with van der Waals surface area (Å²) in [6, 6.07) is 15.8. The molecule has 5 nitrogen and oxygen atoms in total. The number of aryl methyl sites for hydroxylation is 1. The summed E-state index contributed by atoms with van der Waals surface area (Å²) in [4.78, 5) is 4.05. The van der Waals surface area contributed by atoms with Crippen LogP contribution in [-0.4, -0.2) is 16.3 Å². The standard InChI is InChI=1S/C19H18N4OS/c1-14-4-2-6-16(10-14)18-8-7-17(24-18)13-22-23-19(25)21-12-15-5-3-9-20-11-15/h2-11,13H,12H2,1H3,(H2,21,23,25)/b22-13+. The highest BCUT2D eigenvalue weighted by Crippen LogP contribution is 2.22. The van der Waals surface area contributed by atoms with Gasteiger partial charge in [-0.3, -0.25) is 10.4 Å². The van der Waals surface area contributed by atoms with Crippen LogP contribution in [0, 0.1) is 6.92 Å². The number of hydrazone groups is 1. The van der Waals surface area contributed by atoms with Gasteiger partial charge in [0.25, 0.3) is 0 Å². The summed E-state index contributed by atoms with van der Waals surface area (Å²) >= 11 is 5.18. The Morgan fingerprint density at radius 3 is 2.96 bits per heavy atom. The second kappa shape index (κ2) is 8.21. The van der Waals surface area contributed by atoms with Crippen molar-refractivity contribution in [3.63, 3.8) is 0 Å². The highest BCUT2D eigenvalue weighted by atomic mass is 32.1. The maximum atomic E-state index is 5.77. The SMILES string of the molecule is Cc1cccc(-c2ccc(/C=N/NC(=S)NCc3cccnc3)o2)c1. The van der Waals surface area contributed by atoms with E-state index >= 15 is 0 Å². The molecule has 0 aliphatic carbocycles. The van der Waals surface area contributed by atoms with Crippen molar-refractivity contribution in [1.82, 2.24) is 15.7 Å². The molecular formula is C19H18N4OS. The lowest BCUT2D eigenvalue weighted by molar-refractivity contribution is 0.574. The van der Waals surface area contributed by atoms with E-state index in [9.17, 15) is 0 Å². The number of furan rings is 1. The molecule has 2 N–H and O–H groups in total. The van der Waals surface area contributed by atoms with Crippen LogP contribution in [0.5, 0.6) is 0 Å². The molecular weight excluding hydrogens is 332 g/mol. The first-order chi connectivity index (χ1) is 12.2. The lowest BCUT2D eigenvalue weighted by Gasteiger charge is -2.06. The van der Waals surface area contributed by atoms with E-state index in [4.69, 9.17) is 16.6 Å².